The highest BCUT2D eigenvalue weighted by molar-refractivity contribution is 5.94. The summed E-state index contributed by atoms with van der Waals surface area (Å²) >= 11 is 0. The molecule has 0 saturated carbocycles. The molecular formula is C14H16N4O. The average molecular weight is 256 g/mol. The fraction of sp³-hybridized carbons (Fsp3) is 0.286. The van der Waals surface area contributed by atoms with Crippen LogP contribution in [0.4, 0.5) is 11.4 Å². The number of carbonyl (C=O) groups excluding carboxylic acids is 1. The number of amides is 1. The molecule has 0 saturated heterocycles. The first-order valence-corrected chi connectivity index (χ1v) is 6.36. The Kier molecular flexibility index (Phi) is 2.95. The monoisotopic (exact) mass is 256 g/mol. The molecular weight excluding hydrogens is 240 g/mol. The number of aryl methyl sites for hydroxylation is 2. The molecule has 1 aliphatic heterocycles. The van der Waals surface area contributed by atoms with Crippen molar-refractivity contribution in [1.82, 2.24) is 9.78 Å². The van der Waals surface area contributed by atoms with Gasteiger partial charge in [0.15, 0.2) is 0 Å². The Morgan fingerprint density at radius 3 is 3.05 bits per heavy atom. The molecule has 1 aliphatic rings. The van der Waals surface area contributed by atoms with Crippen LogP contribution in [0.3, 0.4) is 0 Å². The first-order valence-electron chi connectivity index (χ1n) is 6.36. The predicted molar refractivity (Wildman–Crippen MR) is 73.9 cm³/mol. The second kappa shape index (κ2) is 4.76. The molecule has 3 rings (SSSR count). The standard InChI is InChI=1S/C14H16N4O/c1-18-12(6-7-16-18)9-15-11-3-4-13-10(8-11)2-5-14(19)17-13/h3-4,6-8,15H,2,5,9H2,1H3,(H,17,19). The highest BCUT2D eigenvalue weighted by atomic mass is 16.1. The van der Waals surface area contributed by atoms with Crippen LogP contribution in [0.5, 0.6) is 0 Å². The lowest BCUT2D eigenvalue weighted by Gasteiger charge is -2.18. The maximum atomic E-state index is 11.3. The first-order chi connectivity index (χ1) is 9.22. The maximum absolute atomic E-state index is 11.3. The number of nitrogens with one attached hydrogen (secondary N) is 2. The number of rotatable bonds is 3. The molecule has 2 aromatic rings. The summed E-state index contributed by atoms with van der Waals surface area (Å²) in [4.78, 5) is 11.3. The highest BCUT2D eigenvalue weighted by Crippen LogP contribution is 2.25. The van der Waals surface area contributed by atoms with Gasteiger partial charge in [0.2, 0.25) is 5.91 Å². The van der Waals surface area contributed by atoms with Crippen molar-refractivity contribution in [2.75, 3.05) is 10.6 Å². The molecule has 0 unspecified atom stereocenters. The summed E-state index contributed by atoms with van der Waals surface area (Å²) in [6.45, 7) is 0.738. The first kappa shape index (κ1) is 11.8. The molecule has 1 amide bonds. The molecule has 0 radical (unpaired) electrons. The van der Waals surface area contributed by atoms with Gasteiger partial charge in [-0.05, 0) is 36.2 Å². The second-order valence-electron chi connectivity index (χ2n) is 4.72. The van der Waals surface area contributed by atoms with E-state index in [4.69, 9.17) is 0 Å². The smallest absolute Gasteiger partial charge is 0.224 e. The lowest BCUT2D eigenvalue weighted by molar-refractivity contribution is -0.116. The summed E-state index contributed by atoms with van der Waals surface area (Å²) in [5, 5.41) is 10.4. The van der Waals surface area contributed by atoms with E-state index in [1.807, 2.05) is 29.9 Å². The molecule has 0 fully saturated rings. The topological polar surface area (TPSA) is 59.0 Å². The van der Waals surface area contributed by atoms with Crippen molar-refractivity contribution in [2.45, 2.75) is 19.4 Å². The maximum Gasteiger partial charge on any atom is 0.224 e. The molecule has 2 N–H and O–H groups in total. The van der Waals surface area contributed by atoms with Crippen LogP contribution in [0.25, 0.3) is 0 Å². The van der Waals surface area contributed by atoms with Crippen LogP contribution in [-0.4, -0.2) is 15.7 Å². The zero-order chi connectivity index (χ0) is 13.2. The number of benzene rings is 1. The van der Waals surface area contributed by atoms with Crippen LogP contribution in [0.2, 0.25) is 0 Å². The number of carbonyl (C=O) groups is 1. The van der Waals surface area contributed by atoms with E-state index in [0.717, 1.165) is 30.0 Å². The Morgan fingerprint density at radius 2 is 2.26 bits per heavy atom. The number of aromatic nitrogens is 2. The van der Waals surface area contributed by atoms with E-state index < -0.39 is 0 Å². The van der Waals surface area contributed by atoms with E-state index in [0.29, 0.717) is 6.42 Å². The van der Waals surface area contributed by atoms with Crippen molar-refractivity contribution in [3.05, 3.63) is 41.7 Å². The molecule has 0 aliphatic carbocycles. The van der Waals surface area contributed by atoms with Gasteiger partial charge < -0.3 is 10.6 Å². The van der Waals surface area contributed by atoms with Crippen LogP contribution in [0, 0.1) is 0 Å². The van der Waals surface area contributed by atoms with Crippen molar-refractivity contribution in [3.63, 3.8) is 0 Å². The minimum absolute atomic E-state index is 0.100. The molecule has 2 heterocycles. The number of hydrogen-bond acceptors (Lipinski definition) is 3. The second-order valence-corrected chi connectivity index (χ2v) is 4.72. The minimum atomic E-state index is 0.100. The van der Waals surface area contributed by atoms with Crippen molar-refractivity contribution >= 4 is 17.3 Å². The largest absolute Gasteiger partial charge is 0.379 e. The number of fused-ring (bicyclic) bond motifs is 1. The van der Waals surface area contributed by atoms with Gasteiger partial charge in [0, 0.05) is 31.0 Å². The van der Waals surface area contributed by atoms with Gasteiger partial charge in [0.25, 0.3) is 0 Å². The van der Waals surface area contributed by atoms with Gasteiger partial charge in [0.1, 0.15) is 0 Å². The lowest BCUT2D eigenvalue weighted by atomic mass is 10.0. The zero-order valence-electron chi connectivity index (χ0n) is 10.8. The van der Waals surface area contributed by atoms with Crippen molar-refractivity contribution < 1.29 is 4.79 Å². The summed E-state index contributed by atoms with van der Waals surface area (Å²) in [6.07, 6.45) is 3.17. The van der Waals surface area contributed by atoms with Gasteiger partial charge >= 0.3 is 0 Å². The third-order valence-corrected chi connectivity index (χ3v) is 3.40. The Bertz CT molecular complexity index is 618. The predicted octanol–water partition coefficient (Wildman–Crippen LogP) is 1.92. The normalized spacial score (nSPS) is 13.8. The summed E-state index contributed by atoms with van der Waals surface area (Å²) < 4.78 is 1.85. The quantitative estimate of drug-likeness (QED) is 0.882. The minimum Gasteiger partial charge on any atom is -0.379 e. The molecule has 98 valence electrons. The van der Waals surface area contributed by atoms with Gasteiger partial charge in [-0.1, -0.05) is 0 Å². The van der Waals surface area contributed by atoms with Crippen LogP contribution < -0.4 is 10.6 Å². The fourth-order valence-corrected chi connectivity index (χ4v) is 2.26. The van der Waals surface area contributed by atoms with Crippen LogP contribution in [-0.2, 0) is 24.8 Å². The van der Waals surface area contributed by atoms with Crippen molar-refractivity contribution in [3.8, 4) is 0 Å². The Morgan fingerprint density at radius 1 is 1.37 bits per heavy atom. The average Bonchev–Trinajstić information content (AvgIpc) is 2.82. The van der Waals surface area contributed by atoms with E-state index >= 15 is 0 Å². The van der Waals surface area contributed by atoms with E-state index in [1.165, 1.54) is 5.56 Å². The molecule has 5 heteroatoms. The van der Waals surface area contributed by atoms with E-state index in [2.05, 4.69) is 21.8 Å². The summed E-state index contributed by atoms with van der Waals surface area (Å²) in [5.74, 6) is 0.100. The third-order valence-electron chi connectivity index (χ3n) is 3.40. The highest BCUT2D eigenvalue weighted by Gasteiger charge is 2.14. The lowest BCUT2D eigenvalue weighted by Crippen LogP contribution is -2.19. The Hall–Kier alpha value is -2.30. The summed E-state index contributed by atoms with van der Waals surface area (Å²) in [5.41, 5.74) is 4.32. The van der Waals surface area contributed by atoms with Crippen LogP contribution in [0.15, 0.2) is 30.5 Å². The molecule has 5 nitrogen and oxygen atoms in total. The Labute approximate surface area is 111 Å². The van der Waals surface area contributed by atoms with Gasteiger partial charge in [-0.2, -0.15) is 5.10 Å². The van der Waals surface area contributed by atoms with E-state index in [-0.39, 0.29) is 5.91 Å². The molecule has 0 atom stereocenters. The molecule has 0 bridgehead atoms. The van der Waals surface area contributed by atoms with Crippen LogP contribution in [0.1, 0.15) is 17.7 Å². The van der Waals surface area contributed by atoms with Crippen molar-refractivity contribution in [1.29, 1.82) is 0 Å². The van der Waals surface area contributed by atoms with Crippen molar-refractivity contribution in [2.24, 2.45) is 7.05 Å². The third kappa shape index (κ3) is 2.45. The fourth-order valence-electron chi connectivity index (χ4n) is 2.26. The van der Waals surface area contributed by atoms with Gasteiger partial charge in [-0.25, -0.2) is 0 Å². The number of anilines is 2. The number of hydrogen-bond donors (Lipinski definition) is 2. The van der Waals surface area contributed by atoms with Gasteiger partial charge in [-0.15, -0.1) is 0 Å². The van der Waals surface area contributed by atoms with Gasteiger partial charge in [-0.3, -0.25) is 9.48 Å². The number of nitrogens with zero attached hydrogens (tertiary/aromatic N) is 2. The van der Waals surface area contributed by atoms with Crippen LogP contribution >= 0.6 is 0 Å². The van der Waals surface area contributed by atoms with Gasteiger partial charge in [0.05, 0.1) is 12.2 Å². The molecule has 19 heavy (non-hydrogen) atoms. The van der Waals surface area contributed by atoms with E-state index in [9.17, 15) is 4.79 Å². The Balaban J connectivity index is 1.72. The molecule has 1 aromatic heterocycles. The molecule has 1 aromatic carbocycles. The summed E-state index contributed by atoms with van der Waals surface area (Å²) in [6, 6.07) is 8.04. The molecule has 0 spiro atoms. The van der Waals surface area contributed by atoms with E-state index in [1.54, 1.807) is 6.20 Å². The zero-order valence-corrected chi connectivity index (χ0v) is 10.8. The SMILES string of the molecule is Cn1nccc1CNc1ccc2c(c1)CCC(=O)N2. The summed E-state index contributed by atoms with van der Waals surface area (Å²) in [7, 11) is 1.93.